The number of nitrogens with zero attached hydrogens (tertiary/aromatic N) is 1. The fraction of sp³-hybridized carbons (Fsp3) is 0.333. The minimum absolute atomic E-state index is 0.0685. The molecule has 5 nitrogen and oxygen atoms in total. The van der Waals surface area contributed by atoms with Crippen LogP contribution in [0.25, 0.3) is 11.1 Å². The van der Waals surface area contributed by atoms with E-state index in [0.717, 1.165) is 33.4 Å². The van der Waals surface area contributed by atoms with Crippen LogP contribution in [0, 0.1) is 20.8 Å². The van der Waals surface area contributed by atoms with Gasteiger partial charge in [-0.05, 0) is 74.9 Å². The summed E-state index contributed by atoms with van der Waals surface area (Å²) in [4.78, 5) is 28.0. The molecule has 1 aliphatic heterocycles. The number of carbonyl (C=O) groups is 2. The normalized spacial score (nSPS) is 14.2. The first kappa shape index (κ1) is 24.7. The number of benzene rings is 3. The van der Waals surface area contributed by atoms with E-state index < -0.39 is 17.7 Å². The van der Waals surface area contributed by atoms with Crippen molar-refractivity contribution in [3.05, 3.63) is 93.5 Å². The van der Waals surface area contributed by atoms with Crippen LogP contribution in [0.3, 0.4) is 0 Å². The van der Waals surface area contributed by atoms with Gasteiger partial charge in [-0.15, -0.1) is 0 Å². The summed E-state index contributed by atoms with van der Waals surface area (Å²) in [5.41, 5.74) is 6.99. The van der Waals surface area contributed by atoms with Crippen LogP contribution < -0.4 is 0 Å². The zero-order valence-electron chi connectivity index (χ0n) is 21.3. The van der Waals surface area contributed by atoms with E-state index in [4.69, 9.17) is 4.74 Å². The monoisotopic (exact) mass is 471 g/mol. The Bertz CT molecular complexity index is 1270. The predicted octanol–water partition coefficient (Wildman–Crippen LogP) is 6.38. The van der Waals surface area contributed by atoms with Crippen LogP contribution >= 0.6 is 0 Å². The molecule has 0 fully saturated rings. The van der Waals surface area contributed by atoms with E-state index in [2.05, 4.69) is 0 Å². The van der Waals surface area contributed by atoms with Crippen molar-refractivity contribution in [2.45, 2.75) is 66.3 Å². The van der Waals surface area contributed by atoms with Crippen molar-refractivity contribution < 1.29 is 19.4 Å². The Morgan fingerprint density at radius 2 is 1.60 bits per heavy atom. The second kappa shape index (κ2) is 9.31. The second-order valence-electron chi connectivity index (χ2n) is 10.4. The molecule has 182 valence electrons. The predicted molar refractivity (Wildman–Crippen MR) is 137 cm³/mol. The van der Waals surface area contributed by atoms with Crippen molar-refractivity contribution in [1.29, 1.82) is 0 Å². The summed E-state index contributed by atoms with van der Waals surface area (Å²) in [5, 5.41) is 10.3. The van der Waals surface area contributed by atoms with Crippen LogP contribution in [0.4, 0.5) is 0 Å². The van der Waals surface area contributed by atoms with Crippen LogP contribution in [-0.2, 0) is 22.6 Å². The van der Waals surface area contributed by atoms with E-state index in [9.17, 15) is 14.7 Å². The van der Waals surface area contributed by atoms with Gasteiger partial charge in [0.05, 0.1) is 5.60 Å². The number of carboxylic acids is 1. The van der Waals surface area contributed by atoms with Crippen LogP contribution in [0.2, 0.25) is 0 Å². The molecule has 0 spiro atoms. The summed E-state index contributed by atoms with van der Waals surface area (Å²) >= 11 is 0. The molecule has 4 rings (SSSR count). The summed E-state index contributed by atoms with van der Waals surface area (Å²) < 4.78 is 6.10. The lowest BCUT2D eigenvalue weighted by Gasteiger charge is -2.29. The number of carbonyl (C=O) groups excluding carboxylic acids is 1. The molecule has 5 heteroatoms. The van der Waals surface area contributed by atoms with E-state index in [1.54, 1.807) is 0 Å². The quantitative estimate of drug-likeness (QED) is 0.453. The molecule has 0 aromatic heterocycles. The Hall–Kier alpha value is -3.44. The maximum atomic E-state index is 13.6. The Kier molecular flexibility index (Phi) is 6.56. The highest BCUT2D eigenvalue weighted by Crippen LogP contribution is 2.43. The minimum Gasteiger partial charge on any atom is -0.479 e. The summed E-state index contributed by atoms with van der Waals surface area (Å²) in [6.45, 7) is 12.4. The van der Waals surface area contributed by atoms with E-state index >= 15 is 0 Å². The average molecular weight is 472 g/mol. The molecule has 1 N–H and O–H groups in total. The lowest BCUT2D eigenvalue weighted by molar-refractivity contribution is -0.160. The molecule has 0 unspecified atom stereocenters. The number of fused-ring (bicyclic) bond motifs is 1. The molecule has 0 saturated carbocycles. The van der Waals surface area contributed by atoms with E-state index in [0.29, 0.717) is 29.8 Å². The van der Waals surface area contributed by atoms with Crippen molar-refractivity contribution in [2.75, 3.05) is 0 Å². The Morgan fingerprint density at radius 1 is 0.971 bits per heavy atom. The molecule has 3 aromatic rings. The third kappa shape index (κ3) is 4.87. The molecule has 1 aliphatic rings. The van der Waals surface area contributed by atoms with Crippen LogP contribution in [0.15, 0.2) is 54.6 Å². The second-order valence-corrected chi connectivity index (χ2v) is 10.4. The van der Waals surface area contributed by atoms with Gasteiger partial charge in [0, 0.05) is 24.2 Å². The number of carboxylic acid groups (broad SMARTS) is 1. The number of rotatable bonds is 6. The first-order valence-electron chi connectivity index (χ1n) is 11.9. The van der Waals surface area contributed by atoms with Gasteiger partial charge in [0.1, 0.15) is 0 Å². The molecule has 35 heavy (non-hydrogen) atoms. The standard InChI is InChI=1S/C30H33NO4/c1-18-12-14-22(15-13-18)24-19(2)23-17-31(16-21-10-8-7-9-11-21)28(32)25(23)20(3)26(24)27(29(33)34)35-30(4,5)6/h7-15,27H,16-17H2,1-6H3,(H,33,34)/t27-/m0/s1. The fourth-order valence-corrected chi connectivity index (χ4v) is 4.93. The van der Waals surface area contributed by atoms with Gasteiger partial charge in [-0.25, -0.2) is 4.79 Å². The fourth-order valence-electron chi connectivity index (χ4n) is 4.93. The van der Waals surface area contributed by atoms with Crippen LogP contribution in [0.5, 0.6) is 0 Å². The number of amides is 1. The summed E-state index contributed by atoms with van der Waals surface area (Å²) in [7, 11) is 0. The first-order valence-corrected chi connectivity index (χ1v) is 11.9. The van der Waals surface area contributed by atoms with Crippen molar-refractivity contribution in [3.8, 4) is 11.1 Å². The van der Waals surface area contributed by atoms with Gasteiger partial charge in [-0.1, -0.05) is 60.2 Å². The number of ether oxygens (including phenoxy) is 1. The maximum Gasteiger partial charge on any atom is 0.337 e. The molecular formula is C30H33NO4. The number of aryl methyl sites for hydroxylation is 1. The van der Waals surface area contributed by atoms with Gasteiger partial charge >= 0.3 is 5.97 Å². The molecule has 1 heterocycles. The highest BCUT2D eigenvalue weighted by molar-refractivity contribution is 6.02. The summed E-state index contributed by atoms with van der Waals surface area (Å²) in [5.74, 6) is -1.14. The Morgan fingerprint density at radius 3 is 2.17 bits per heavy atom. The molecule has 0 saturated heterocycles. The highest BCUT2D eigenvalue weighted by atomic mass is 16.5. The highest BCUT2D eigenvalue weighted by Gasteiger charge is 2.38. The topological polar surface area (TPSA) is 66.8 Å². The molecule has 0 bridgehead atoms. The molecule has 0 radical (unpaired) electrons. The molecule has 1 atom stereocenters. The van der Waals surface area contributed by atoms with Gasteiger partial charge < -0.3 is 14.7 Å². The number of aliphatic carboxylic acids is 1. The lowest BCUT2D eigenvalue weighted by atomic mass is 9.83. The number of hydrogen-bond donors (Lipinski definition) is 1. The smallest absolute Gasteiger partial charge is 0.337 e. The number of hydrogen-bond acceptors (Lipinski definition) is 3. The van der Waals surface area contributed by atoms with Crippen molar-refractivity contribution in [3.63, 3.8) is 0 Å². The third-order valence-electron chi connectivity index (χ3n) is 6.54. The van der Waals surface area contributed by atoms with Crippen molar-refractivity contribution >= 4 is 11.9 Å². The van der Waals surface area contributed by atoms with Gasteiger partial charge in [-0.2, -0.15) is 0 Å². The summed E-state index contributed by atoms with van der Waals surface area (Å²) in [6.07, 6.45) is -1.20. The zero-order chi connectivity index (χ0) is 25.5. The molecule has 1 amide bonds. The van der Waals surface area contributed by atoms with E-state index in [1.807, 2.05) is 101 Å². The van der Waals surface area contributed by atoms with Crippen molar-refractivity contribution in [1.82, 2.24) is 4.90 Å². The van der Waals surface area contributed by atoms with Gasteiger partial charge in [0.15, 0.2) is 6.10 Å². The average Bonchev–Trinajstić information content (AvgIpc) is 3.12. The van der Waals surface area contributed by atoms with Gasteiger partial charge in [0.2, 0.25) is 0 Å². The molecule has 0 aliphatic carbocycles. The van der Waals surface area contributed by atoms with Crippen LogP contribution in [-0.4, -0.2) is 27.5 Å². The van der Waals surface area contributed by atoms with Gasteiger partial charge in [0.25, 0.3) is 5.91 Å². The largest absolute Gasteiger partial charge is 0.479 e. The minimum atomic E-state index is -1.20. The maximum absolute atomic E-state index is 13.6. The van der Waals surface area contributed by atoms with Crippen molar-refractivity contribution in [2.24, 2.45) is 0 Å². The summed E-state index contributed by atoms with van der Waals surface area (Å²) in [6, 6.07) is 18.0. The molecule has 3 aromatic carbocycles. The van der Waals surface area contributed by atoms with E-state index in [1.165, 1.54) is 0 Å². The lowest BCUT2D eigenvalue weighted by Crippen LogP contribution is -2.29. The Labute approximate surface area is 207 Å². The molecular weight excluding hydrogens is 438 g/mol. The van der Waals surface area contributed by atoms with E-state index in [-0.39, 0.29) is 5.91 Å². The van der Waals surface area contributed by atoms with Gasteiger partial charge in [-0.3, -0.25) is 4.79 Å². The zero-order valence-corrected chi connectivity index (χ0v) is 21.3. The van der Waals surface area contributed by atoms with Crippen LogP contribution in [0.1, 0.15) is 70.6 Å². The SMILES string of the molecule is Cc1ccc(-c2c(C)c3c(c(C)c2[C@H](OC(C)(C)C)C(=O)O)C(=O)N(Cc2ccccc2)C3)cc1. The Balaban J connectivity index is 1.93. The third-order valence-corrected chi connectivity index (χ3v) is 6.54. The first-order chi connectivity index (χ1) is 16.5.